The van der Waals surface area contributed by atoms with E-state index in [4.69, 9.17) is 4.52 Å². The number of carbonyl (C=O) groups is 1. The van der Waals surface area contributed by atoms with Crippen LogP contribution in [-0.2, 0) is 11.2 Å². The van der Waals surface area contributed by atoms with Gasteiger partial charge in [0.25, 0.3) is 0 Å². The first-order chi connectivity index (χ1) is 15.1. The molecule has 0 saturated heterocycles. The molecule has 1 amide bonds. The molecule has 0 saturated carbocycles. The van der Waals surface area contributed by atoms with Crippen LogP contribution >= 0.6 is 0 Å². The molecule has 1 atom stereocenters. The van der Waals surface area contributed by atoms with Gasteiger partial charge in [0.1, 0.15) is 6.04 Å². The van der Waals surface area contributed by atoms with E-state index in [0.29, 0.717) is 11.7 Å². The number of nitrogens with zero attached hydrogens (tertiary/aromatic N) is 3. The Hall–Kier alpha value is -3.80. The lowest BCUT2D eigenvalue weighted by Gasteiger charge is -2.18. The molecular formula is C25H24N4O2. The summed E-state index contributed by atoms with van der Waals surface area (Å²) in [6.07, 6.45) is 3.65. The summed E-state index contributed by atoms with van der Waals surface area (Å²) >= 11 is 0. The Bertz CT molecular complexity index is 1120. The average molecular weight is 412 g/mol. The smallest absolute Gasteiger partial charge is 0.249 e. The molecule has 6 heteroatoms. The summed E-state index contributed by atoms with van der Waals surface area (Å²) in [7, 11) is 0. The Kier molecular flexibility index (Phi) is 6.17. The van der Waals surface area contributed by atoms with Crippen molar-refractivity contribution in [2.45, 2.75) is 26.3 Å². The van der Waals surface area contributed by atoms with Crippen LogP contribution in [0.4, 0.5) is 0 Å². The lowest BCUT2D eigenvalue weighted by molar-refractivity contribution is -0.121. The van der Waals surface area contributed by atoms with Crippen LogP contribution < -0.4 is 5.32 Å². The third-order valence-electron chi connectivity index (χ3n) is 5.04. The Morgan fingerprint density at radius 1 is 0.935 bits per heavy atom. The van der Waals surface area contributed by atoms with E-state index in [2.05, 4.69) is 32.6 Å². The normalized spacial score (nSPS) is 12.0. The number of hydrogen-bond donors (Lipinski definition) is 1. The third-order valence-corrected chi connectivity index (χ3v) is 5.04. The number of amides is 1. The van der Waals surface area contributed by atoms with Gasteiger partial charge in [-0.3, -0.25) is 9.78 Å². The fraction of sp³-hybridized carbons (Fsp3) is 0.200. The van der Waals surface area contributed by atoms with E-state index < -0.39 is 0 Å². The predicted octanol–water partition coefficient (Wildman–Crippen LogP) is 4.85. The van der Waals surface area contributed by atoms with Gasteiger partial charge in [0.05, 0.1) is 6.42 Å². The Morgan fingerprint density at radius 3 is 2.32 bits per heavy atom. The van der Waals surface area contributed by atoms with Crippen LogP contribution in [0.5, 0.6) is 0 Å². The van der Waals surface area contributed by atoms with Crippen molar-refractivity contribution in [2.24, 2.45) is 5.92 Å². The highest BCUT2D eigenvalue weighted by Gasteiger charge is 2.25. The second-order valence-corrected chi connectivity index (χ2v) is 7.73. The van der Waals surface area contributed by atoms with Gasteiger partial charge in [0.15, 0.2) is 0 Å². The number of pyridine rings is 1. The third kappa shape index (κ3) is 5.04. The number of aromatic nitrogens is 3. The topological polar surface area (TPSA) is 80.9 Å². The summed E-state index contributed by atoms with van der Waals surface area (Å²) in [4.78, 5) is 21.3. The second-order valence-electron chi connectivity index (χ2n) is 7.73. The minimum atomic E-state index is -0.367. The van der Waals surface area contributed by atoms with Gasteiger partial charge in [-0.1, -0.05) is 73.6 Å². The van der Waals surface area contributed by atoms with Gasteiger partial charge in [-0.25, -0.2) is 0 Å². The Labute approximate surface area is 181 Å². The zero-order valence-electron chi connectivity index (χ0n) is 17.5. The standard InChI is InChI=1S/C25H24N4O2/c1-17(2)23(25-28-24(29-31-25)21-9-6-14-26-16-21)27-22(30)15-18-10-12-20(13-11-18)19-7-4-3-5-8-19/h3-14,16-17,23H,15H2,1-2H3,(H,27,30). The summed E-state index contributed by atoms with van der Waals surface area (Å²) in [5.74, 6) is 0.847. The fourth-order valence-electron chi connectivity index (χ4n) is 3.34. The first-order valence-corrected chi connectivity index (χ1v) is 10.3. The first kappa shape index (κ1) is 20.5. The van der Waals surface area contributed by atoms with Gasteiger partial charge in [-0.05, 0) is 34.7 Å². The molecule has 2 aromatic heterocycles. The molecule has 1 N–H and O–H groups in total. The lowest BCUT2D eigenvalue weighted by atomic mass is 10.0. The molecule has 4 aromatic rings. The minimum absolute atomic E-state index is 0.0894. The predicted molar refractivity (Wildman–Crippen MR) is 119 cm³/mol. The molecule has 0 bridgehead atoms. The summed E-state index contributed by atoms with van der Waals surface area (Å²) in [6, 6.07) is 21.5. The molecule has 156 valence electrons. The Balaban J connectivity index is 1.43. The maximum Gasteiger partial charge on any atom is 0.249 e. The van der Waals surface area contributed by atoms with Crippen molar-refractivity contribution in [2.75, 3.05) is 0 Å². The van der Waals surface area contributed by atoms with E-state index in [0.717, 1.165) is 22.3 Å². The van der Waals surface area contributed by atoms with E-state index in [-0.39, 0.29) is 24.3 Å². The van der Waals surface area contributed by atoms with Gasteiger partial charge in [0.2, 0.25) is 17.6 Å². The van der Waals surface area contributed by atoms with Crippen LogP contribution in [0.15, 0.2) is 83.6 Å². The average Bonchev–Trinajstić information content (AvgIpc) is 3.29. The highest BCUT2D eigenvalue weighted by Crippen LogP contribution is 2.24. The molecule has 2 aromatic carbocycles. The van der Waals surface area contributed by atoms with Crippen molar-refractivity contribution in [1.29, 1.82) is 0 Å². The molecule has 2 heterocycles. The maximum atomic E-state index is 12.7. The van der Waals surface area contributed by atoms with Crippen LogP contribution in [0.2, 0.25) is 0 Å². The van der Waals surface area contributed by atoms with Crippen molar-refractivity contribution in [1.82, 2.24) is 20.4 Å². The van der Waals surface area contributed by atoms with E-state index in [9.17, 15) is 4.79 Å². The largest absolute Gasteiger partial charge is 0.344 e. The van der Waals surface area contributed by atoms with Gasteiger partial charge >= 0.3 is 0 Å². The quantitative estimate of drug-likeness (QED) is 0.469. The molecule has 0 fully saturated rings. The molecular weight excluding hydrogens is 388 g/mol. The van der Waals surface area contributed by atoms with Crippen molar-refractivity contribution in [3.05, 3.63) is 90.6 Å². The monoisotopic (exact) mass is 412 g/mol. The molecule has 6 nitrogen and oxygen atoms in total. The molecule has 4 rings (SSSR count). The van der Waals surface area contributed by atoms with E-state index in [1.165, 1.54) is 0 Å². The van der Waals surface area contributed by atoms with Crippen LogP contribution in [0, 0.1) is 5.92 Å². The second kappa shape index (κ2) is 9.34. The number of rotatable bonds is 7. The summed E-state index contributed by atoms with van der Waals surface area (Å²) in [6.45, 7) is 4.01. The Morgan fingerprint density at radius 2 is 1.65 bits per heavy atom. The lowest BCUT2D eigenvalue weighted by Crippen LogP contribution is -2.33. The first-order valence-electron chi connectivity index (χ1n) is 10.3. The van der Waals surface area contributed by atoms with Crippen LogP contribution in [0.1, 0.15) is 31.3 Å². The molecule has 0 spiro atoms. The molecule has 0 aliphatic rings. The van der Waals surface area contributed by atoms with Gasteiger partial charge in [-0.15, -0.1) is 0 Å². The minimum Gasteiger partial charge on any atom is -0.344 e. The SMILES string of the molecule is CC(C)C(NC(=O)Cc1ccc(-c2ccccc2)cc1)c1nc(-c2cccnc2)no1. The number of nitrogens with one attached hydrogen (secondary N) is 1. The molecule has 1 unspecified atom stereocenters. The van der Waals surface area contributed by atoms with E-state index in [1.54, 1.807) is 12.4 Å². The van der Waals surface area contributed by atoms with Crippen LogP contribution in [-0.4, -0.2) is 21.0 Å². The highest BCUT2D eigenvalue weighted by molar-refractivity contribution is 5.79. The highest BCUT2D eigenvalue weighted by atomic mass is 16.5. The van der Waals surface area contributed by atoms with Gasteiger partial charge < -0.3 is 9.84 Å². The molecule has 0 radical (unpaired) electrons. The molecule has 0 aliphatic carbocycles. The van der Waals surface area contributed by atoms with Crippen LogP contribution in [0.3, 0.4) is 0 Å². The number of carbonyl (C=O) groups excluding carboxylic acids is 1. The zero-order chi connectivity index (χ0) is 21.6. The number of hydrogen-bond acceptors (Lipinski definition) is 5. The van der Waals surface area contributed by atoms with Crippen molar-refractivity contribution in [3.63, 3.8) is 0 Å². The fourth-order valence-corrected chi connectivity index (χ4v) is 3.34. The summed E-state index contributed by atoms with van der Waals surface area (Å²) in [5.41, 5.74) is 3.99. The van der Waals surface area contributed by atoms with Crippen LogP contribution in [0.25, 0.3) is 22.5 Å². The number of benzene rings is 2. The summed E-state index contributed by atoms with van der Waals surface area (Å²) < 4.78 is 5.45. The summed E-state index contributed by atoms with van der Waals surface area (Å²) in [5, 5.41) is 7.08. The van der Waals surface area contributed by atoms with E-state index in [1.807, 2.05) is 68.4 Å². The maximum absolute atomic E-state index is 12.7. The van der Waals surface area contributed by atoms with Crippen molar-refractivity contribution >= 4 is 5.91 Å². The molecule has 31 heavy (non-hydrogen) atoms. The van der Waals surface area contributed by atoms with Gasteiger partial charge in [-0.2, -0.15) is 4.98 Å². The molecule has 0 aliphatic heterocycles. The van der Waals surface area contributed by atoms with Crippen molar-refractivity contribution < 1.29 is 9.32 Å². The zero-order valence-corrected chi connectivity index (χ0v) is 17.5. The van der Waals surface area contributed by atoms with Gasteiger partial charge in [0, 0.05) is 18.0 Å². The van der Waals surface area contributed by atoms with E-state index >= 15 is 0 Å². The van der Waals surface area contributed by atoms with Crippen molar-refractivity contribution in [3.8, 4) is 22.5 Å².